The highest BCUT2D eigenvalue weighted by atomic mass is 35.5. The minimum Gasteiger partial charge on any atom is -0.126 e. The lowest BCUT2D eigenvalue weighted by Crippen LogP contribution is -1.77. The predicted molar refractivity (Wildman–Crippen MR) is 65.8 cm³/mol. The number of alkyl halides is 1. The molecule has 0 aliphatic heterocycles. The predicted octanol–water partition coefficient (Wildman–Crippen LogP) is 5.29. The molecule has 0 aliphatic carbocycles. The second kappa shape index (κ2) is 5.87. The van der Waals surface area contributed by atoms with Gasteiger partial charge in [0.15, 0.2) is 0 Å². The van der Waals surface area contributed by atoms with Gasteiger partial charge in [-0.25, -0.2) is 0 Å². The van der Waals surface area contributed by atoms with E-state index in [1.54, 1.807) is 12.1 Å². The fourth-order valence-electron chi connectivity index (χ4n) is 0.954. The molecule has 0 saturated heterocycles. The summed E-state index contributed by atoms with van der Waals surface area (Å²) in [4.78, 5) is 0. The molecule has 1 rings (SSSR count). The fraction of sp³-hybridized carbons (Fsp3) is 0.200. The van der Waals surface area contributed by atoms with Crippen LogP contribution in [0.25, 0.3) is 6.08 Å². The third-order valence-electron chi connectivity index (χ3n) is 1.59. The highest BCUT2D eigenvalue weighted by Crippen LogP contribution is 2.31. The summed E-state index contributed by atoms with van der Waals surface area (Å²) in [6.07, 6.45) is 4.69. The number of rotatable bonds is 3. The highest BCUT2D eigenvalue weighted by molar-refractivity contribution is 6.48. The summed E-state index contributed by atoms with van der Waals surface area (Å²) in [7, 11) is 0. The van der Waals surface area contributed by atoms with E-state index in [1.807, 2.05) is 12.2 Å². The summed E-state index contributed by atoms with van der Waals surface area (Å²) in [5.41, 5.74) is 0.925. The second-order valence-corrected chi connectivity index (χ2v) is 4.25. The topological polar surface area (TPSA) is 0 Å². The molecule has 0 amide bonds. The normalized spacial score (nSPS) is 11.1. The van der Waals surface area contributed by atoms with E-state index in [0.717, 1.165) is 12.0 Å². The minimum absolute atomic E-state index is 0.392. The molecule has 0 nitrogen and oxygen atoms in total. The van der Waals surface area contributed by atoms with Gasteiger partial charge in [0.25, 0.3) is 0 Å². The van der Waals surface area contributed by atoms with E-state index in [1.165, 1.54) is 0 Å². The summed E-state index contributed by atoms with van der Waals surface area (Å²) >= 11 is 23.0. The molecule has 0 saturated carbocycles. The third-order valence-corrected chi connectivity index (χ3v) is 3.01. The summed E-state index contributed by atoms with van der Waals surface area (Å²) in [6, 6.07) is 3.53. The number of hydrogen-bond donors (Lipinski definition) is 0. The Morgan fingerprint density at radius 3 is 2.14 bits per heavy atom. The zero-order valence-electron chi connectivity index (χ0n) is 7.24. The highest BCUT2D eigenvalue weighted by Gasteiger charge is 2.03. The number of benzene rings is 1. The second-order valence-electron chi connectivity index (χ2n) is 2.68. The van der Waals surface area contributed by atoms with Crippen LogP contribution in [0.1, 0.15) is 12.0 Å². The molecule has 1 aromatic carbocycles. The number of hydrogen-bond acceptors (Lipinski definition) is 0. The van der Waals surface area contributed by atoms with Gasteiger partial charge >= 0.3 is 0 Å². The van der Waals surface area contributed by atoms with Crippen LogP contribution >= 0.6 is 46.4 Å². The standard InChI is InChI=1S/C10H8Cl4/c11-4-2-1-3-7-5-8(12)10(14)9(13)6-7/h1,3,5-6H,2,4H2. The molecular weight excluding hydrogens is 262 g/mol. The van der Waals surface area contributed by atoms with Crippen LogP contribution in [-0.2, 0) is 0 Å². The van der Waals surface area contributed by atoms with E-state index in [2.05, 4.69) is 0 Å². The van der Waals surface area contributed by atoms with Gasteiger partial charge < -0.3 is 0 Å². The van der Waals surface area contributed by atoms with Crippen LogP contribution in [0.2, 0.25) is 15.1 Å². The molecule has 0 atom stereocenters. The van der Waals surface area contributed by atoms with Crippen LogP contribution in [0, 0.1) is 0 Å². The lowest BCUT2D eigenvalue weighted by Gasteiger charge is -2.00. The average Bonchev–Trinajstić information content (AvgIpc) is 2.14. The van der Waals surface area contributed by atoms with Gasteiger partial charge in [0.2, 0.25) is 0 Å². The van der Waals surface area contributed by atoms with E-state index < -0.39 is 0 Å². The average molecular weight is 270 g/mol. The Morgan fingerprint density at radius 2 is 1.64 bits per heavy atom. The first-order valence-electron chi connectivity index (χ1n) is 4.02. The summed E-state index contributed by atoms with van der Waals surface area (Å²) < 4.78 is 0. The molecule has 4 heteroatoms. The Labute approximate surface area is 103 Å². The first kappa shape index (κ1) is 12.2. The summed E-state index contributed by atoms with van der Waals surface area (Å²) in [5, 5.41) is 1.32. The van der Waals surface area contributed by atoms with Gasteiger partial charge in [0.1, 0.15) is 0 Å². The Bertz CT molecular complexity index is 321. The van der Waals surface area contributed by atoms with Gasteiger partial charge in [0.05, 0.1) is 15.1 Å². The van der Waals surface area contributed by atoms with Crippen LogP contribution in [-0.4, -0.2) is 5.88 Å². The van der Waals surface area contributed by atoms with Crippen molar-refractivity contribution in [2.45, 2.75) is 6.42 Å². The van der Waals surface area contributed by atoms with E-state index in [0.29, 0.717) is 20.9 Å². The molecule has 0 fully saturated rings. The molecule has 0 radical (unpaired) electrons. The molecule has 1 aromatic rings. The van der Waals surface area contributed by atoms with Crippen molar-refractivity contribution >= 4 is 52.5 Å². The zero-order valence-corrected chi connectivity index (χ0v) is 10.3. The maximum atomic E-state index is 5.86. The van der Waals surface area contributed by atoms with E-state index in [9.17, 15) is 0 Å². The van der Waals surface area contributed by atoms with Crippen LogP contribution < -0.4 is 0 Å². The maximum Gasteiger partial charge on any atom is 0.0778 e. The molecule has 76 valence electrons. The van der Waals surface area contributed by atoms with Crippen molar-refractivity contribution in [3.63, 3.8) is 0 Å². The fourth-order valence-corrected chi connectivity index (χ4v) is 1.69. The van der Waals surface area contributed by atoms with Gasteiger partial charge in [-0.15, -0.1) is 11.6 Å². The quantitative estimate of drug-likeness (QED) is 0.517. The maximum absolute atomic E-state index is 5.86. The molecule has 0 spiro atoms. The monoisotopic (exact) mass is 268 g/mol. The lowest BCUT2D eigenvalue weighted by molar-refractivity contribution is 1.24. The Balaban J connectivity index is 2.89. The van der Waals surface area contributed by atoms with E-state index in [-0.39, 0.29) is 0 Å². The molecule has 14 heavy (non-hydrogen) atoms. The van der Waals surface area contributed by atoms with Crippen LogP contribution in [0.4, 0.5) is 0 Å². The van der Waals surface area contributed by atoms with Gasteiger partial charge in [-0.3, -0.25) is 0 Å². The van der Waals surface area contributed by atoms with Crippen molar-refractivity contribution in [2.75, 3.05) is 5.88 Å². The van der Waals surface area contributed by atoms with Crippen LogP contribution in [0.15, 0.2) is 18.2 Å². The smallest absolute Gasteiger partial charge is 0.0778 e. The molecule has 0 bridgehead atoms. The Hall–Kier alpha value is 0.120. The molecule has 0 aliphatic rings. The number of halogens is 4. The molecule has 0 heterocycles. The van der Waals surface area contributed by atoms with Crippen molar-refractivity contribution in [1.29, 1.82) is 0 Å². The van der Waals surface area contributed by atoms with Crippen LogP contribution in [0.5, 0.6) is 0 Å². The zero-order chi connectivity index (χ0) is 10.6. The van der Waals surface area contributed by atoms with Gasteiger partial charge in [-0.2, -0.15) is 0 Å². The van der Waals surface area contributed by atoms with Crippen molar-refractivity contribution in [1.82, 2.24) is 0 Å². The molecular formula is C10H8Cl4. The van der Waals surface area contributed by atoms with Crippen LogP contribution in [0.3, 0.4) is 0 Å². The third kappa shape index (κ3) is 3.36. The lowest BCUT2D eigenvalue weighted by atomic mass is 10.2. The summed E-state index contributed by atoms with van der Waals surface area (Å²) in [5.74, 6) is 0.603. The minimum atomic E-state index is 0.392. The van der Waals surface area contributed by atoms with Gasteiger partial charge in [-0.05, 0) is 24.1 Å². The van der Waals surface area contributed by atoms with Crippen molar-refractivity contribution < 1.29 is 0 Å². The molecule has 0 unspecified atom stereocenters. The van der Waals surface area contributed by atoms with Gasteiger partial charge in [-0.1, -0.05) is 47.0 Å². The summed E-state index contributed by atoms with van der Waals surface area (Å²) in [6.45, 7) is 0. The molecule has 0 N–H and O–H groups in total. The van der Waals surface area contributed by atoms with E-state index >= 15 is 0 Å². The van der Waals surface area contributed by atoms with Crippen molar-refractivity contribution in [3.05, 3.63) is 38.8 Å². The Morgan fingerprint density at radius 1 is 1.07 bits per heavy atom. The van der Waals surface area contributed by atoms with Crippen molar-refractivity contribution in [2.24, 2.45) is 0 Å². The number of allylic oxidation sites excluding steroid dienone is 1. The van der Waals surface area contributed by atoms with Gasteiger partial charge in [0, 0.05) is 5.88 Å². The Kier molecular flexibility index (Phi) is 5.11. The molecule has 0 aromatic heterocycles. The SMILES string of the molecule is ClCCC=Cc1cc(Cl)c(Cl)c(Cl)c1. The first-order chi connectivity index (χ1) is 6.65. The largest absolute Gasteiger partial charge is 0.126 e. The van der Waals surface area contributed by atoms with E-state index in [4.69, 9.17) is 46.4 Å². The first-order valence-corrected chi connectivity index (χ1v) is 5.69. The van der Waals surface area contributed by atoms with Crippen molar-refractivity contribution in [3.8, 4) is 0 Å².